The highest BCUT2D eigenvalue weighted by molar-refractivity contribution is 6.30. The highest BCUT2D eigenvalue weighted by Crippen LogP contribution is 2.60. The van der Waals surface area contributed by atoms with Crippen LogP contribution in [0.2, 0.25) is 5.02 Å². The Hall–Kier alpha value is -2.08. The molecule has 1 aromatic rings. The number of carbonyl (C=O) groups is 3. The molecule has 4 saturated carbocycles. The van der Waals surface area contributed by atoms with E-state index in [0.29, 0.717) is 28.5 Å². The Kier molecular flexibility index (Phi) is 5.56. The minimum Gasteiger partial charge on any atom is -0.454 e. The molecule has 0 saturated heterocycles. The molecule has 156 valence electrons. The average Bonchev–Trinajstić information content (AvgIpc) is 2.65. The molecule has 0 atom stereocenters. The second-order valence-corrected chi connectivity index (χ2v) is 9.49. The van der Waals surface area contributed by atoms with E-state index in [0.717, 1.165) is 24.8 Å². The van der Waals surface area contributed by atoms with Gasteiger partial charge in [0.15, 0.2) is 6.61 Å². The number of hydrogen-bond acceptors (Lipinski definition) is 4. The van der Waals surface area contributed by atoms with Crippen molar-refractivity contribution in [2.45, 2.75) is 45.4 Å². The highest BCUT2D eigenvalue weighted by Gasteiger charge is 2.54. The SMILES string of the molecule is Cc1cc(Cl)ccc1NC(=O)COC(=O)CNC(=O)C12CC3CC(CC(C3)C1)C2. The van der Waals surface area contributed by atoms with Gasteiger partial charge in [-0.15, -0.1) is 0 Å². The van der Waals surface area contributed by atoms with Gasteiger partial charge in [0.1, 0.15) is 6.54 Å². The van der Waals surface area contributed by atoms with Crippen molar-refractivity contribution in [3.05, 3.63) is 28.8 Å². The van der Waals surface area contributed by atoms with E-state index in [1.54, 1.807) is 18.2 Å². The summed E-state index contributed by atoms with van der Waals surface area (Å²) in [5.41, 5.74) is 1.14. The number of esters is 1. The van der Waals surface area contributed by atoms with E-state index in [1.165, 1.54) is 19.3 Å². The topological polar surface area (TPSA) is 84.5 Å². The highest BCUT2D eigenvalue weighted by atomic mass is 35.5. The van der Waals surface area contributed by atoms with Crippen molar-refractivity contribution in [3.63, 3.8) is 0 Å². The predicted octanol–water partition coefficient (Wildman–Crippen LogP) is 3.46. The van der Waals surface area contributed by atoms with E-state index in [4.69, 9.17) is 16.3 Å². The van der Waals surface area contributed by atoms with Gasteiger partial charge in [0, 0.05) is 16.1 Å². The second-order valence-electron chi connectivity index (χ2n) is 9.05. The molecule has 0 aromatic heterocycles. The Labute approximate surface area is 175 Å². The van der Waals surface area contributed by atoms with Crippen molar-refractivity contribution in [3.8, 4) is 0 Å². The molecule has 2 amide bonds. The molecule has 4 aliphatic rings. The van der Waals surface area contributed by atoms with E-state index in [-0.39, 0.29) is 17.9 Å². The van der Waals surface area contributed by atoms with E-state index in [9.17, 15) is 14.4 Å². The van der Waals surface area contributed by atoms with Crippen molar-refractivity contribution in [1.82, 2.24) is 5.32 Å². The van der Waals surface area contributed by atoms with E-state index >= 15 is 0 Å². The fourth-order valence-corrected chi connectivity index (χ4v) is 6.11. The van der Waals surface area contributed by atoms with Crippen molar-refractivity contribution >= 4 is 35.1 Å². The molecule has 4 fully saturated rings. The van der Waals surface area contributed by atoms with Gasteiger partial charge in [-0.3, -0.25) is 14.4 Å². The molecule has 4 bridgehead atoms. The van der Waals surface area contributed by atoms with Gasteiger partial charge in [-0.2, -0.15) is 0 Å². The van der Waals surface area contributed by atoms with Gasteiger partial charge >= 0.3 is 5.97 Å². The van der Waals surface area contributed by atoms with Crippen LogP contribution in [0.4, 0.5) is 5.69 Å². The van der Waals surface area contributed by atoms with E-state index in [2.05, 4.69) is 10.6 Å². The third kappa shape index (κ3) is 4.42. The molecule has 0 heterocycles. The number of anilines is 1. The van der Waals surface area contributed by atoms with Gasteiger partial charge in [0.05, 0.1) is 0 Å². The maximum atomic E-state index is 12.8. The summed E-state index contributed by atoms with van der Waals surface area (Å²) in [6.07, 6.45) is 6.62. The minimum absolute atomic E-state index is 0.0187. The van der Waals surface area contributed by atoms with Crippen LogP contribution in [-0.2, 0) is 19.1 Å². The zero-order valence-electron chi connectivity index (χ0n) is 16.6. The summed E-state index contributed by atoms with van der Waals surface area (Å²) >= 11 is 5.90. The first-order chi connectivity index (χ1) is 13.8. The van der Waals surface area contributed by atoms with Crippen molar-refractivity contribution in [2.75, 3.05) is 18.5 Å². The lowest BCUT2D eigenvalue weighted by Crippen LogP contribution is -2.54. The molecule has 0 spiro atoms. The van der Waals surface area contributed by atoms with Crippen LogP contribution in [0.1, 0.15) is 44.1 Å². The van der Waals surface area contributed by atoms with Crippen LogP contribution in [-0.4, -0.2) is 30.9 Å². The number of amides is 2. The number of benzene rings is 1. The lowest BCUT2D eigenvalue weighted by molar-refractivity contribution is -0.152. The molecule has 6 nitrogen and oxygen atoms in total. The quantitative estimate of drug-likeness (QED) is 0.693. The van der Waals surface area contributed by atoms with E-state index in [1.807, 2.05) is 6.92 Å². The van der Waals surface area contributed by atoms with Gasteiger partial charge in [0.25, 0.3) is 5.91 Å². The largest absolute Gasteiger partial charge is 0.454 e. The third-order valence-electron chi connectivity index (χ3n) is 6.74. The molecule has 0 aliphatic heterocycles. The van der Waals surface area contributed by atoms with Crippen LogP contribution in [0.5, 0.6) is 0 Å². The van der Waals surface area contributed by atoms with Crippen LogP contribution in [0, 0.1) is 30.1 Å². The van der Waals surface area contributed by atoms with Gasteiger partial charge in [-0.05, 0) is 87.0 Å². The molecule has 7 heteroatoms. The standard InChI is InChI=1S/C22H27ClN2O4/c1-13-4-17(23)2-3-18(13)25-19(26)12-29-20(27)11-24-21(28)22-8-14-5-15(9-22)7-16(6-14)10-22/h2-4,14-16H,5-12H2,1H3,(H,24,28)(H,25,26). The summed E-state index contributed by atoms with van der Waals surface area (Å²) in [4.78, 5) is 36.9. The molecule has 1 aromatic carbocycles. The molecular weight excluding hydrogens is 392 g/mol. The Balaban J connectivity index is 1.22. The van der Waals surface area contributed by atoms with Crippen LogP contribution < -0.4 is 10.6 Å². The summed E-state index contributed by atoms with van der Waals surface area (Å²) in [6.45, 7) is 1.23. The van der Waals surface area contributed by atoms with Crippen molar-refractivity contribution in [2.24, 2.45) is 23.2 Å². The summed E-state index contributed by atoms with van der Waals surface area (Å²) in [7, 11) is 0. The molecule has 4 aliphatic carbocycles. The van der Waals surface area contributed by atoms with Gasteiger partial charge in [-0.1, -0.05) is 11.6 Å². The lowest BCUT2D eigenvalue weighted by atomic mass is 9.49. The number of carbonyl (C=O) groups excluding carboxylic acids is 3. The summed E-state index contributed by atoms with van der Waals surface area (Å²) in [6, 6.07) is 5.11. The van der Waals surface area contributed by atoms with E-state index < -0.39 is 18.5 Å². The number of ether oxygens (including phenoxy) is 1. The number of hydrogen-bond donors (Lipinski definition) is 2. The van der Waals surface area contributed by atoms with Crippen LogP contribution >= 0.6 is 11.6 Å². The van der Waals surface area contributed by atoms with Gasteiger partial charge in [0.2, 0.25) is 5.91 Å². The predicted molar refractivity (Wildman–Crippen MR) is 109 cm³/mol. The zero-order chi connectivity index (χ0) is 20.6. The first-order valence-corrected chi connectivity index (χ1v) is 10.7. The summed E-state index contributed by atoms with van der Waals surface area (Å²) in [5, 5.41) is 6.04. The van der Waals surface area contributed by atoms with Crippen LogP contribution in [0.15, 0.2) is 18.2 Å². The first-order valence-electron chi connectivity index (χ1n) is 10.3. The average molecular weight is 419 g/mol. The van der Waals surface area contributed by atoms with Crippen molar-refractivity contribution < 1.29 is 19.1 Å². The Morgan fingerprint density at radius 3 is 2.31 bits per heavy atom. The zero-order valence-corrected chi connectivity index (χ0v) is 17.4. The molecule has 5 rings (SSSR count). The maximum absolute atomic E-state index is 12.8. The second kappa shape index (κ2) is 7.98. The number of rotatable bonds is 6. The molecule has 0 radical (unpaired) electrons. The third-order valence-corrected chi connectivity index (χ3v) is 6.98. The monoisotopic (exact) mass is 418 g/mol. The summed E-state index contributed by atoms with van der Waals surface area (Å²) < 4.78 is 5.02. The Morgan fingerprint density at radius 2 is 1.72 bits per heavy atom. The normalized spacial score (nSPS) is 29.4. The molecule has 2 N–H and O–H groups in total. The number of nitrogens with one attached hydrogen (secondary N) is 2. The van der Waals surface area contributed by atoms with Crippen LogP contribution in [0.3, 0.4) is 0 Å². The van der Waals surface area contributed by atoms with Crippen LogP contribution in [0.25, 0.3) is 0 Å². The first kappa shape index (κ1) is 20.2. The lowest BCUT2D eigenvalue weighted by Gasteiger charge is -2.55. The molecule has 0 unspecified atom stereocenters. The Morgan fingerprint density at radius 1 is 1.10 bits per heavy atom. The minimum atomic E-state index is -0.606. The van der Waals surface area contributed by atoms with Crippen molar-refractivity contribution in [1.29, 1.82) is 0 Å². The smallest absolute Gasteiger partial charge is 0.325 e. The Bertz CT molecular complexity index is 803. The number of halogens is 1. The fraction of sp³-hybridized carbons (Fsp3) is 0.591. The summed E-state index contributed by atoms with van der Waals surface area (Å²) in [5.74, 6) is 0.939. The maximum Gasteiger partial charge on any atom is 0.325 e. The number of aryl methyl sites for hydroxylation is 1. The molecule has 29 heavy (non-hydrogen) atoms. The molecular formula is C22H27ClN2O4. The fourth-order valence-electron chi connectivity index (χ4n) is 5.88. The van der Waals surface area contributed by atoms with Gasteiger partial charge in [-0.25, -0.2) is 0 Å². The van der Waals surface area contributed by atoms with Gasteiger partial charge < -0.3 is 15.4 Å².